The number of hydrogen-bond acceptors (Lipinski definition) is 3. The molecule has 0 spiro atoms. The Labute approximate surface area is 138 Å². The van der Waals surface area contributed by atoms with Crippen molar-refractivity contribution >= 4 is 11.7 Å². The first-order valence-corrected chi connectivity index (χ1v) is 8.26. The van der Waals surface area contributed by atoms with Gasteiger partial charge in [0.15, 0.2) is 6.23 Å². The summed E-state index contributed by atoms with van der Waals surface area (Å²) in [5, 5.41) is 3.23. The molecule has 2 rings (SSSR count). The van der Waals surface area contributed by atoms with Crippen LogP contribution in [0.5, 0.6) is 0 Å². The van der Waals surface area contributed by atoms with E-state index in [0.717, 1.165) is 24.1 Å². The lowest BCUT2D eigenvalue weighted by Crippen LogP contribution is -2.25. The van der Waals surface area contributed by atoms with Gasteiger partial charge in [-0.15, -0.1) is 0 Å². The van der Waals surface area contributed by atoms with E-state index < -0.39 is 0 Å². The quantitative estimate of drug-likeness (QED) is 0.580. The van der Waals surface area contributed by atoms with Gasteiger partial charge >= 0.3 is 5.97 Å². The Morgan fingerprint density at radius 1 is 1.13 bits per heavy atom. The molecule has 122 valence electrons. The molecule has 0 aliphatic carbocycles. The molecule has 0 saturated heterocycles. The smallest absolute Gasteiger partial charge is 0.340 e. The number of esters is 1. The molecule has 3 heteroatoms. The van der Waals surface area contributed by atoms with Crippen LogP contribution in [0.25, 0.3) is 0 Å². The summed E-state index contributed by atoms with van der Waals surface area (Å²) in [7, 11) is 0. The summed E-state index contributed by atoms with van der Waals surface area (Å²) >= 11 is 0. The maximum atomic E-state index is 12.4. The molecule has 23 heavy (non-hydrogen) atoms. The third-order valence-electron chi connectivity index (χ3n) is 3.82. The number of carbonyl (C=O) groups is 1. The van der Waals surface area contributed by atoms with Crippen molar-refractivity contribution in [1.82, 2.24) is 0 Å². The van der Waals surface area contributed by atoms with E-state index in [0.29, 0.717) is 12.0 Å². The van der Waals surface area contributed by atoms with Crippen LogP contribution in [0.2, 0.25) is 0 Å². The van der Waals surface area contributed by atoms with Gasteiger partial charge in [-0.2, -0.15) is 0 Å². The zero-order valence-corrected chi connectivity index (χ0v) is 14.1. The van der Waals surface area contributed by atoms with Crippen molar-refractivity contribution < 1.29 is 9.53 Å². The topological polar surface area (TPSA) is 38.3 Å². The van der Waals surface area contributed by atoms with Gasteiger partial charge < -0.3 is 10.1 Å². The van der Waals surface area contributed by atoms with Crippen molar-refractivity contribution in [2.24, 2.45) is 0 Å². The molecule has 2 aromatic rings. The highest BCUT2D eigenvalue weighted by Crippen LogP contribution is 2.16. The van der Waals surface area contributed by atoms with Crippen LogP contribution in [0, 0.1) is 6.92 Å². The molecule has 1 N–H and O–H groups in total. The second-order valence-electron chi connectivity index (χ2n) is 5.70. The molecule has 0 amide bonds. The zero-order chi connectivity index (χ0) is 16.7. The van der Waals surface area contributed by atoms with E-state index in [1.807, 2.05) is 62.4 Å². The van der Waals surface area contributed by atoms with Crippen LogP contribution in [0.4, 0.5) is 5.69 Å². The number of anilines is 1. The van der Waals surface area contributed by atoms with E-state index in [1.54, 1.807) is 0 Å². The molecule has 0 aromatic heterocycles. The van der Waals surface area contributed by atoms with Gasteiger partial charge in [0.2, 0.25) is 0 Å². The third kappa shape index (κ3) is 4.85. The van der Waals surface area contributed by atoms with Gasteiger partial charge in [0.05, 0.1) is 5.56 Å². The Bertz CT molecular complexity index is 637. The van der Waals surface area contributed by atoms with Crippen molar-refractivity contribution in [3.05, 3.63) is 65.2 Å². The second kappa shape index (κ2) is 8.37. The van der Waals surface area contributed by atoms with Gasteiger partial charge in [-0.05, 0) is 48.7 Å². The van der Waals surface area contributed by atoms with Crippen LogP contribution in [0.15, 0.2) is 48.5 Å². The fourth-order valence-corrected chi connectivity index (χ4v) is 2.51. The zero-order valence-electron chi connectivity index (χ0n) is 14.1. The summed E-state index contributed by atoms with van der Waals surface area (Å²) in [6, 6.07) is 15.6. The number of carbonyl (C=O) groups excluding carboxylic acids is 1. The lowest BCUT2D eigenvalue weighted by Gasteiger charge is -2.19. The van der Waals surface area contributed by atoms with Gasteiger partial charge in [0.25, 0.3) is 0 Å². The monoisotopic (exact) mass is 311 g/mol. The number of rotatable bonds is 7. The molecule has 3 nitrogen and oxygen atoms in total. The highest BCUT2D eigenvalue weighted by atomic mass is 16.6. The first-order chi connectivity index (χ1) is 11.1. The Balaban J connectivity index is 2.03. The lowest BCUT2D eigenvalue weighted by atomic mass is 10.0. The minimum absolute atomic E-state index is 0.286. The summed E-state index contributed by atoms with van der Waals surface area (Å²) in [4.78, 5) is 12.4. The summed E-state index contributed by atoms with van der Waals surface area (Å²) < 4.78 is 5.59. The molecule has 0 fully saturated rings. The van der Waals surface area contributed by atoms with Crippen LogP contribution in [0.3, 0.4) is 0 Å². The normalized spacial score (nSPS) is 11.8. The number of hydrogen-bond donors (Lipinski definition) is 1. The third-order valence-corrected chi connectivity index (χ3v) is 3.82. The van der Waals surface area contributed by atoms with Crippen molar-refractivity contribution in [3.8, 4) is 0 Å². The largest absolute Gasteiger partial charge is 0.438 e. The fraction of sp³-hybridized carbons (Fsp3) is 0.350. The van der Waals surface area contributed by atoms with Crippen LogP contribution < -0.4 is 5.32 Å². The highest BCUT2D eigenvalue weighted by Gasteiger charge is 2.15. The van der Waals surface area contributed by atoms with Gasteiger partial charge in [0, 0.05) is 12.1 Å². The van der Waals surface area contributed by atoms with Crippen molar-refractivity contribution in [1.29, 1.82) is 0 Å². The standard InChI is InChI=1S/C20H25NO2/c1-4-9-16-12-13-17(14-15(16)3)20(22)23-19(5-2)21-18-10-7-6-8-11-18/h6-8,10-14,19,21H,4-5,9H2,1-3H3. The minimum Gasteiger partial charge on any atom is -0.438 e. The number of para-hydroxylation sites is 1. The molecule has 1 atom stereocenters. The fourth-order valence-electron chi connectivity index (χ4n) is 2.51. The van der Waals surface area contributed by atoms with E-state index in [9.17, 15) is 4.79 Å². The van der Waals surface area contributed by atoms with Crippen LogP contribution in [-0.2, 0) is 11.2 Å². The van der Waals surface area contributed by atoms with E-state index in [2.05, 4.69) is 12.2 Å². The molecular formula is C20H25NO2. The lowest BCUT2D eigenvalue weighted by molar-refractivity contribution is 0.0352. The molecule has 0 aliphatic rings. The van der Waals surface area contributed by atoms with Crippen LogP contribution in [0.1, 0.15) is 48.2 Å². The molecule has 0 heterocycles. The number of benzene rings is 2. The molecule has 2 aromatic carbocycles. The van der Waals surface area contributed by atoms with Crippen molar-refractivity contribution in [3.63, 3.8) is 0 Å². The molecule has 0 radical (unpaired) electrons. The highest BCUT2D eigenvalue weighted by molar-refractivity contribution is 5.90. The van der Waals surface area contributed by atoms with E-state index in [1.165, 1.54) is 5.56 Å². The average molecular weight is 311 g/mol. The average Bonchev–Trinajstić information content (AvgIpc) is 2.57. The van der Waals surface area contributed by atoms with Gasteiger partial charge in [0.1, 0.15) is 0 Å². The summed E-state index contributed by atoms with van der Waals surface area (Å²) in [5.41, 5.74) is 3.99. The Morgan fingerprint density at radius 2 is 1.87 bits per heavy atom. The number of nitrogens with one attached hydrogen (secondary N) is 1. The van der Waals surface area contributed by atoms with E-state index in [4.69, 9.17) is 4.74 Å². The Hall–Kier alpha value is -2.29. The maximum Gasteiger partial charge on any atom is 0.340 e. The summed E-state index contributed by atoms with van der Waals surface area (Å²) in [5.74, 6) is -0.286. The van der Waals surface area contributed by atoms with E-state index in [-0.39, 0.29) is 12.2 Å². The molecule has 0 aliphatic heterocycles. The number of ether oxygens (including phenoxy) is 1. The molecule has 1 unspecified atom stereocenters. The van der Waals surface area contributed by atoms with Gasteiger partial charge in [-0.1, -0.05) is 44.5 Å². The SMILES string of the molecule is CCCc1ccc(C(=O)OC(CC)Nc2ccccc2)cc1C. The molecular weight excluding hydrogens is 286 g/mol. The maximum absolute atomic E-state index is 12.4. The van der Waals surface area contributed by atoms with Gasteiger partial charge in [-0.3, -0.25) is 0 Å². The minimum atomic E-state index is -0.333. The summed E-state index contributed by atoms with van der Waals surface area (Å²) in [6.45, 7) is 6.19. The van der Waals surface area contributed by atoms with Crippen LogP contribution in [-0.4, -0.2) is 12.2 Å². The van der Waals surface area contributed by atoms with E-state index >= 15 is 0 Å². The second-order valence-corrected chi connectivity index (χ2v) is 5.70. The Morgan fingerprint density at radius 3 is 2.48 bits per heavy atom. The summed E-state index contributed by atoms with van der Waals surface area (Å²) in [6.07, 6.45) is 2.51. The first kappa shape index (κ1) is 17.1. The van der Waals surface area contributed by atoms with Crippen LogP contribution >= 0.6 is 0 Å². The predicted molar refractivity (Wildman–Crippen MR) is 94.7 cm³/mol. The first-order valence-electron chi connectivity index (χ1n) is 8.26. The number of aryl methyl sites for hydroxylation is 2. The van der Waals surface area contributed by atoms with Crippen molar-refractivity contribution in [2.45, 2.75) is 46.3 Å². The van der Waals surface area contributed by atoms with Gasteiger partial charge in [-0.25, -0.2) is 4.79 Å². The molecule has 0 saturated carbocycles. The van der Waals surface area contributed by atoms with Crippen molar-refractivity contribution in [2.75, 3.05) is 5.32 Å². The molecule has 0 bridgehead atoms. The predicted octanol–water partition coefficient (Wildman–Crippen LogP) is 4.95. The Kier molecular flexibility index (Phi) is 6.21.